The van der Waals surface area contributed by atoms with Crippen molar-refractivity contribution in [1.82, 2.24) is 10.2 Å². The van der Waals surface area contributed by atoms with Gasteiger partial charge in [0.2, 0.25) is 0 Å². The van der Waals surface area contributed by atoms with Gasteiger partial charge in [-0.2, -0.15) is 0 Å². The van der Waals surface area contributed by atoms with Gasteiger partial charge in [0.05, 0.1) is 0 Å². The summed E-state index contributed by atoms with van der Waals surface area (Å²) in [6.45, 7) is 5.59. The van der Waals surface area contributed by atoms with Crippen LogP contribution in [-0.2, 0) is 0 Å². The minimum atomic E-state index is -0.763. The number of likely N-dealkylation sites (tertiary alicyclic amines) is 1. The van der Waals surface area contributed by atoms with Crippen LogP contribution in [0, 0.1) is 11.6 Å². The number of nitrogens with zero attached hydrogens (tertiary/aromatic N) is 1. The largest absolute Gasteiger partial charge is 0.309 e. The van der Waals surface area contributed by atoms with Crippen LogP contribution in [0.2, 0.25) is 0 Å². The molecular formula is C16H24F2N2. The van der Waals surface area contributed by atoms with E-state index in [9.17, 15) is 8.78 Å². The van der Waals surface area contributed by atoms with Gasteiger partial charge < -0.3 is 10.2 Å². The second-order valence-electron chi connectivity index (χ2n) is 5.47. The summed E-state index contributed by atoms with van der Waals surface area (Å²) in [6.07, 6.45) is 4.95. The fourth-order valence-electron chi connectivity index (χ4n) is 2.89. The highest BCUT2D eigenvalue weighted by Crippen LogP contribution is 2.21. The molecule has 1 unspecified atom stereocenters. The molecular weight excluding hydrogens is 258 g/mol. The van der Waals surface area contributed by atoms with Gasteiger partial charge in [0.25, 0.3) is 0 Å². The van der Waals surface area contributed by atoms with E-state index in [2.05, 4.69) is 10.2 Å². The molecule has 4 heteroatoms. The molecule has 1 heterocycles. The molecule has 1 atom stereocenters. The molecule has 1 aliphatic rings. The number of hydrogen-bond donors (Lipinski definition) is 1. The monoisotopic (exact) mass is 282 g/mol. The van der Waals surface area contributed by atoms with E-state index in [-0.39, 0.29) is 6.04 Å². The van der Waals surface area contributed by atoms with Crippen LogP contribution >= 0.6 is 0 Å². The number of likely N-dealkylation sites (N-methyl/N-ethyl adjacent to an activating group) is 1. The molecule has 112 valence electrons. The molecule has 1 aromatic carbocycles. The van der Waals surface area contributed by atoms with E-state index in [1.54, 1.807) is 12.1 Å². The molecule has 0 aliphatic carbocycles. The van der Waals surface area contributed by atoms with E-state index in [1.807, 2.05) is 6.92 Å². The molecule has 2 nitrogen and oxygen atoms in total. The lowest BCUT2D eigenvalue weighted by Crippen LogP contribution is -2.36. The van der Waals surface area contributed by atoms with Crippen LogP contribution in [0.1, 0.15) is 44.2 Å². The molecule has 0 aromatic heterocycles. The average molecular weight is 282 g/mol. The summed E-state index contributed by atoms with van der Waals surface area (Å²) in [6, 6.07) is 4.30. The first-order valence-electron chi connectivity index (χ1n) is 7.62. The van der Waals surface area contributed by atoms with Crippen molar-refractivity contribution in [3.05, 3.63) is 35.4 Å². The third-order valence-corrected chi connectivity index (χ3v) is 3.95. The van der Waals surface area contributed by atoms with Crippen molar-refractivity contribution in [3.8, 4) is 0 Å². The van der Waals surface area contributed by atoms with Gasteiger partial charge in [-0.1, -0.05) is 31.9 Å². The van der Waals surface area contributed by atoms with Crippen LogP contribution in [0.15, 0.2) is 18.2 Å². The Morgan fingerprint density at radius 2 is 1.85 bits per heavy atom. The SMILES string of the molecule is CCNC(CN1CCCCCC1)c1cccc(F)c1F. The molecule has 20 heavy (non-hydrogen) atoms. The van der Waals surface area contributed by atoms with Crippen LogP contribution in [0.3, 0.4) is 0 Å². The fourth-order valence-corrected chi connectivity index (χ4v) is 2.89. The third kappa shape index (κ3) is 4.00. The van der Waals surface area contributed by atoms with E-state index in [0.717, 1.165) is 26.2 Å². The molecule has 1 saturated heterocycles. The second-order valence-corrected chi connectivity index (χ2v) is 5.47. The smallest absolute Gasteiger partial charge is 0.163 e. The van der Waals surface area contributed by atoms with Crippen molar-refractivity contribution < 1.29 is 8.78 Å². The Balaban J connectivity index is 2.11. The minimum Gasteiger partial charge on any atom is -0.309 e. The lowest BCUT2D eigenvalue weighted by Gasteiger charge is -2.27. The van der Waals surface area contributed by atoms with Gasteiger partial charge in [-0.05, 0) is 38.5 Å². The first-order chi connectivity index (χ1) is 9.72. The highest BCUT2D eigenvalue weighted by Gasteiger charge is 2.20. The Labute approximate surface area is 120 Å². The number of nitrogens with one attached hydrogen (secondary N) is 1. The third-order valence-electron chi connectivity index (χ3n) is 3.95. The standard InChI is InChI=1S/C16H24F2N2/c1-2-19-15(12-20-10-5-3-4-6-11-20)13-8-7-9-14(17)16(13)18/h7-9,15,19H,2-6,10-12H2,1H3. The van der Waals surface area contributed by atoms with Gasteiger partial charge in [-0.15, -0.1) is 0 Å². The van der Waals surface area contributed by atoms with Crippen molar-refractivity contribution >= 4 is 0 Å². The van der Waals surface area contributed by atoms with E-state index in [1.165, 1.54) is 31.7 Å². The number of hydrogen-bond acceptors (Lipinski definition) is 2. The summed E-state index contributed by atoms with van der Waals surface area (Å²) < 4.78 is 27.4. The summed E-state index contributed by atoms with van der Waals surface area (Å²) in [5.41, 5.74) is 0.441. The van der Waals surface area contributed by atoms with Gasteiger partial charge in [-0.3, -0.25) is 0 Å². The predicted molar refractivity (Wildman–Crippen MR) is 77.7 cm³/mol. The summed E-state index contributed by atoms with van der Waals surface area (Å²) in [5.74, 6) is -1.48. The van der Waals surface area contributed by atoms with E-state index < -0.39 is 11.6 Å². The summed E-state index contributed by atoms with van der Waals surface area (Å²) in [7, 11) is 0. The summed E-state index contributed by atoms with van der Waals surface area (Å²) in [4.78, 5) is 2.37. The Kier molecular flexibility index (Phi) is 5.92. The van der Waals surface area contributed by atoms with Gasteiger partial charge in [0.1, 0.15) is 0 Å². The second kappa shape index (κ2) is 7.70. The normalized spacial score (nSPS) is 18.8. The van der Waals surface area contributed by atoms with Crippen molar-refractivity contribution in [3.63, 3.8) is 0 Å². The van der Waals surface area contributed by atoms with Gasteiger partial charge >= 0.3 is 0 Å². The molecule has 0 amide bonds. The molecule has 1 N–H and O–H groups in total. The van der Waals surface area contributed by atoms with Crippen molar-refractivity contribution in [2.24, 2.45) is 0 Å². The van der Waals surface area contributed by atoms with Gasteiger partial charge in [0.15, 0.2) is 11.6 Å². The maximum absolute atomic E-state index is 14.0. The maximum Gasteiger partial charge on any atom is 0.163 e. The molecule has 1 aliphatic heterocycles. The molecule has 0 radical (unpaired) electrons. The zero-order valence-electron chi connectivity index (χ0n) is 12.2. The highest BCUT2D eigenvalue weighted by atomic mass is 19.2. The molecule has 2 rings (SSSR count). The van der Waals surface area contributed by atoms with Crippen LogP contribution in [-0.4, -0.2) is 31.1 Å². The zero-order chi connectivity index (χ0) is 14.4. The zero-order valence-corrected chi connectivity index (χ0v) is 12.2. The van der Waals surface area contributed by atoms with Crippen molar-refractivity contribution in [2.75, 3.05) is 26.2 Å². The van der Waals surface area contributed by atoms with Crippen LogP contribution in [0.25, 0.3) is 0 Å². The number of benzene rings is 1. The molecule has 1 fully saturated rings. The minimum absolute atomic E-state index is 0.145. The number of halogens is 2. The lowest BCUT2D eigenvalue weighted by molar-refractivity contribution is 0.249. The maximum atomic E-state index is 14.0. The van der Waals surface area contributed by atoms with Gasteiger partial charge in [0, 0.05) is 18.2 Å². The first-order valence-corrected chi connectivity index (χ1v) is 7.62. The summed E-state index contributed by atoms with van der Waals surface area (Å²) in [5, 5.41) is 3.29. The van der Waals surface area contributed by atoms with E-state index >= 15 is 0 Å². The summed E-state index contributed by atoms with van der Waals surface area (Å²) >= 11 is 0. The predicted octanol–water partition coefficient (Wildman–Crippen LogP) is 3.49. The van der Waals surface area contributed by atoms with Crippen LogP contribution < -0.4 is 5.32 Å². The van der Waals surface area contributed by atoms with Crippen molar-refractivity contribution in [2.45, 2.75) is 38.6 Å². The molecule has 1 aromatic rings. The Hall–Kier alpha value is -1.00. The number of rotatable bonds is 5. The van der Waals surface area contributed by atoms with Crippen LogP contribution in [0.5, 0.6) is 0 Å². The Bertz CT molecular complexity index is 415. The fraction of sp³-hybridized carbons (Fsp3) is 0.625. The lowest BCUT2D eigenvalue weighted by atomic mass is 10.0. The Morgan fingerprint density at radius 3 is 2.50 bits per heavy atom. The Morgan fingerprint density at radius 1 is 1.15 bits per heavy atom. The van der Waals surface area contributed by atoms with Gasteiger partial charge in [-0.25, -0.2) is 8.78 Å². The van der Waals surface area contributed by atoms with E-state index in [4.69, 9.17) is 0 Å². The molecule has 0 spiro atoms. The molecule has 0 bridgehead atoms. The quantitative estimate of drug-likeness (QED) is 0.889. The average Bonchev–Trinajstić information content (AvgIpc) is 2.70. The first kappa shape index (κ1) is 15.4. The van der Waals surface area contributed by atoms with E-state index in [0.29, 0.717) is 5.56 Å². The topological polar surface area (TPSA) is 15.3 Å². The molecule has 0 saturated carbocycles. The highest BCUT2D eigenvalue weighted by molar-refractivity contribution is 5.23. The van der Waals surface area contributed by atoms with Crippen molar-refractivity contribution in [1.29, 1.82) is 0 Å². The van der Waals surface area contributed by atoms with Crippen LogP contribution in [0.4, 0.5) is 8.78 Å².